The van der Waals surface area contributed by atoms with Crippen molar-refractivity contribution in [2.24, 2.45) is 0 Å². The molecule has 0 radical (unpaired) electrons. The van der Waals surface area contributed by atoms with Crippen LogP contribution in [0.15, 0.2) is 36.5 Å². The number of cyclic esters (lactones) is 1. The first-order chi connectivity index (χ1) is 17.4. The number of hydrogen-bond donors (Lipinski definition) is 3. The number of nitrogens with zero attached hydrogens (tertiary/aromatic N) is 3. The molecule has 12 heteroatoms. The minimum Gasteiger partial charge on any atom is -0.482 e. The largest absolute Gasteiger partial charge is 0.482 e. The highest BCUT2D eigenvalue weighted by Crippen LogP contribution is 2.34. The Bertz CT molecular complexity index is 1320. The van der Waals surface area contributed by atoms with Crippen molar-refractivity contribution in [3.05, 3.63) is 47.9 Å². The smallest absolute Gasteiger partial charge is 0.414 e. The highest BCUT2D eigenvalue weighted by atomic mass is 19.1. The van der Waals surface area contributed by atoms with E-state index in [1.807, 2.05) is 0 Å². The number of hydrogen-bond acceptors (Lipinski definition) is 9. The maximum atomic E-state index is 14.4. The fraction of sp³-hybridized carbons (Fsp3) is 0.333. The van der Waals surface area contributed by atoms with Crippen LogP contribution in [-0.4, -0.2) is 66.1 Å². The van der Waals surface area contributed by atoms with Gasteiger partial charge in [-0.2, -0.15) is 0 Å². The fourth-order valence-corrected chi connectivity index (χ4v) is 4.20. The number of aliphatic hydroxyl groups excluding tert-OH is 1. The molecule has 1 fully saturated rings. The molecule has 2 aliphatic heterocycles. The minimum absolute atomic E-state index is 0.0547. The second-order valence-corrected chi connectivity index (χ2v) is 8.46. The quantitative estimate of drug-likeness (QED) is 0.427. The van der Waals surface area contributed by atoms with Gasteiger partial charge in [0.15, 0.2) is 6.61 Å². The molecule has 0 aliphatic carbocycles. The number of rotatable bonds is 8. The molecule has 2 aliphatic rings. The molecule has 0 unspecified atom stereocenters. The number of anilines is 2. The van der Waals surface area contributed by atoms with Crippen molar-refractivity contribution in [1.29, 1.82) is 0 Å². The average Bonchev–Trinajstić information content (AvgIpc) is 3.24. The van der Waals surface area contributed by atoms with Crippen LogP contribution < -0.4 is 25.0 Å². The van der Waals surface area contributed by atoms with Crippen LogP contribution in [-0.2, 0) is 16.1 Å². The van der Waals surface area contributed by atoms with E-state index in [4.69, 9.17) is 14.2 Å². The molecule has 188 valence electrons. The van der Waals surface area contributed by atoms with E-state index in [2.05, 4.69) is 20.6 Å². The van der Waals surface area contributed by atoms with Crippen molar-refractivity contribution >= 4 is 34.4 Å². The van der Waals surface area contributed by atoms with Gasteiger partial charge in [-0.3, -0.25) is 14.7 Å². The van der Waals surface area contributed by atoms with Crippen LogP contribution in [0.5, 0.6) is 11.6 Å². The summed E-state index contributed by atoms with van der Waals surface area (Å²) in [5.41, 5.74) is 2.24. The van der Waals surface area contributed by atoms with Crippen LogP contribution >= 0.6 is 0 Å². The van der Waals surface area contributed by atoms with E-state index in [-0.39, 0.29) is 38.6 Å². The number of aromatic nitrogens is 2. The summed E-state index contributed by atoms with van der Waals surface area (Å²) in [6, 6.07) is 8.37. The first-order valence-corrected chi connectivity index (χ1v) is 11.3. The van der Waals surface area contributed by atoms with Crippen LogP contribution in [0.2, 0.25) is 0 Å². The fourth-order valence-electron chi connectivity index (χ4n) is 4.20. The number of carbonyl (C=O) groups excluding carboxylic acids is 2. The minimum atomic E-state index is -0.849. The Labute approximate surface area is 205 Å². The average molecular weight is 497 g/mol. The third-order valence-corrected chi connectivity index (χ3v) is 5.95. The number of benzene rings is 1. The van der Waals surface area contributed by atoms with Gasteiger partial charge in [0.1, 0.15) is 23.2 Å². The molecule has 0 spiro atoms. The molecule has 36 heavy (non-hydrogen) atoms. The van der Waals surface area contributed by atoms with Crippen molar-refractivity contribution in [2.45, 2.75) is 25.2 Å². The molecule has 1 saturated heterocycles. The lowest BCUT2D eigenvalue weighted by Crippen LogP contribution is -2.32. The predicted molar refractivity (Wildman–Crippen MR) is 127 cm³/mol. The standard InChI is InChI=1S/C24H24FN5O6/c1-34-22-5-3-18-23(29-22)16(17(25)10-27-18)9-26-8-14(31)7-15-11-30(24(33)36-15)13-2-4-20-19(6-13)28-21(32)12-35-20/h2-6,10,14-15,26,31H,7-9,11-12H2,1H3,(H,28,32)/t14-,15-/m1/s1. The second-order valence-electron chi connectivity index (χ2n) is 8.46. The van der Waals surface area contributed by atoms with Crippen molar-refractivity contribution in [3.8, 4) is 11.6 Å². The molecule has 2 aromatic heterocycles. The van der Waals surface area contributed by atoms with E-state index in [9.17, 15) is 19.1 Å². The summed E-state index contributed by atoms with van der Waals surface area (Å²) in [6.45, 7) is 0.433. The van der Waals surface area contributed by atoms with E-state index in [1.165, 1.54) is 12.0 Å². The van der Waals surface area contributed by atoms with Crippen molar-refractivity contribution < 1.29 is 33.3 Å². The molecule has 4 heterocycles. The van der Waals surface area contributed by atoms with Crippen molar-refractivity contribution in [1.82, 2.24) is 15.3 Å². The van der Waals surface area contributed by atoms with Crippen LogP contribution in [0.1, 0.15) is 12.0 Å². The lowest BCUT2D eigenvalue weighted by molar-refractivity contribution is -0.118. The molecule has 0 bridgehead atoms. The number of nitrogens with one attached hydrogen (secondary N) is 2. The first-order valence-electron chi connectivity index (χ1n) is 11.3. The van der Waals surface area contributed by atoms with Gasteiger partial charge < -0.3 is 30.0 Å². The highest BCUT2D eigenvalue weighted by Gasteiger charge is 2.34. The molecule has 3 N–H and O–H groups in total. The normalized spacial score (nSPS) is 17.9. The Kier molecular flexibility index (Phi) is 6.53. The maximum absolute atomic E-state index is 14.4. The zero-order chi connectivity index (χ0) is 25.2. The Balaban J connectivity index is 1.17. The van der Waals surface area contributed by atoms with Gasteiger partial charge in [-0.25, -0.2) is 14.2 Å². The van der Waals surface area contributed by atoms with Crippen LogP contribution in [0.25, 0.3) is 11.0 Å². The van der Waals surface area contributed by atoms with Crippen molar-refractivity contribution in [2.75, 3.05) is 37.0 Å². The summed E-state index contributed by atoms with van der Waals surface area (Å²) in [7, 11) is 1.48. The lowest BCUT2D eigenvalue weighted by Gasteiger charge is -2.21. The van der Waals surface area contributed by atoms with Gasteiger partial charge in [0.25, 0.3) is 5.91 Å². The number of carbonyl (C=O) groups is 2. The van der Waals surface area contributed by atoms with Crippen molar-refractivity contribution in [3.63, 3.8) is 0 Å². The summed E-state index contributed by atoms with van der Waals surface area (Å²) in [6.07, 6.45) is -0.618. The summed E-state index contributed by atoms with van der Waals surface area (Å²) in [4.78, 5) is 33.8. The topological polar surface area (TPSA) is 135 Å². The molecular formula is C24H24FN5O6. The molecule has 1 aromatic carbocycles. The Morgan fingerprint density at radius 2 is 2.19 bits per heavy atom. The number of ether oxygens (including phenoxy) is 3. The van der Waals surface area contributed by atoms with Gasteiger partial charge in [-0.05, 0) is 24.3 Å². The molecule has 2 atom stereocenters. The van der Waals surface area contributed by atoms with E-state index in [1.54, 1.807) is 30.3 Å². The summed E-state index contributed by atoms with van der Waals surface area (Å²) >= 11 is 0. The number of pyridine rings is 2. The Morgan fingerprint density at radius 3 is 3.03 bits per heavy atom. The molecule has 0 saturated carbocycles. The van der Waals surface area contributed by atoms with E-state index in [0.29, 0.717) is 39.6 Å². The first kappa shape index (κ1) is 23.7. The Morgan fingerprint density at radius 1 is 1.33 bits per heavy atom. The zero-order valence-corrected chi connectivity index (χ0v) is 19.4. The summed E-state index contributed by atoms with van der Waals surface area (Å²) < 4.78 is 30.3. The number of halogens is 1. The van der Waals surface area contributed by atoms with Crippen LogP contribution in [0.3, 0.4) is 0 Å². The molecule has 3 aromatic rings. The van der Waals surface area contributed by atoms with Gasteiger partial charge in [-0.1, -0.05) is 0 Å². The Hall–Kier alpha value is -4.03. The third kappa shape index (κ3) is 4.86. The number of fused-ring (bicyclic) bond motifs is 2. The molecule has 2 amide bonds. The SMILES string of the molecule is COc1ccc2ncc(F)c(CNC[C@H](O)C[C@@H]3CN(c4ccc5c(c4)NC(=O)CO5)C(=O)O3)c2n1. The van der Waals surface area contributed by atoms with Gasteiger partial charge in [0.05, 0.1) is 37.2 Å². The van der Waals surface area contributed by atoms with Gasteiger partial charge in [0.2, 0.25) is 5.88 Å². The van der Waals surface area contributed by atoms with Crippen LogP contribution in [0.4, 0.5) is 20.6 Å². The maximum Gasteiger partial charge on any atom is 0.414 e. The number of methoxy groups -OCH3 is 1. The molecule has 5 rings (SSSR count). The molecular weight excluding hydrogens is 473 g/mol. The zero-order valence-electron chi connectivity index (χ0n) is 19.4. The number of amides is 2. The van der Waals surface area contributed by atoms with E-state index >= 15 is 0 Å². The van der Waals surface area contributed by atoms with Gasteiger partial charge >= 0.3 is 6.09 Å². The monoisotopic (exact) mass is 497 g/mol. The summed E-state index contributed by atoms with van der Waals surface area (Å²) in [5.74, 6) is 0.0811. The van der Waals surface area contributed by atoms with E-state index < -0.39 is 24.1 Å². The molecule has 11 nitrogen and oxygen atoms in total. The van der Waals surface area contributed by atoms with E-state index in [0.717, 1.165) is 6.20 Å². The highest BCUT2D eigenvalue weighted by molar-refractivity contribution is 5.97. The van der Waals surface area contributed by atoms with Gasteiger partial charge in [0, 0.05) is 36.8 Å². The predicted octanol–water partition coefficient (Wildman–Crippen LogP) is 1.97. The van der Waals surface area contributed by atoms with Gasteiger partial charge in [-0.15, -0.1) is 0 Å². The number of aliphatic hydroxyl groups is 1. The third-order valence-electron chi connectivity index (χ3n) is 5.95. The second kappa shape index (κ2) is 9.91. The lowest BCUT2D eigenvalue weighted by atomic mass is 10.1. The summed E-state index contributed by atoms with van der Waals surface area (Å²) in [5, 5.41) is 16.2. The van der Waals surface area contributed by atoms with Crippen LogP contribution in [0, 0.1) is 5.82 Å².